The zero-order valence-electron chi connectivity index (χ0n) is 5.55. The van der Waals surface area contributed by atoms with Crippen LogP contribution in [0.5, 0.6) is 0 Å². The van der Waals surface area contributed by atoms with E-state index in [9.17, 15) is 4.79 Å². The van der Waals surface area contributed by atoms with Gasteiger partial charge >= 0.3 is 5.97 Å². The van der Waals surface area contributed by atoms with Crippen molar-refractivity contribution in [2.75, 3.05) is 7.11 Å². The molecule has 2 nitrogen and oxygen atoms in total. The van der Waals surface area contributed by atoms with Crippen LogP contribution in [0.3, 0.4) is 0 Å². The van der Waals surface area contributed by atoms with E-state index in [0.29, 0.717) is 6.42 Å². The lowest BCUT2D eigenvalue weighted by Crippen LogP contribution is -1.97. The minimum absolute atomic E-state index is 0. The Morgan fingerprint density at radius 1 is 1.44 bits per heavy atom. The van der Waals surface area contributed by atoms with Gasteiger partial charge in [0.1, 0.15) is 0 Å². The quantitative estimate of drug-likeness (QED) is 0.598. The Kier molecular flexibility index (Phi) is 19.5. The van der Waals surface area contributed by atoms with Gasteiger partial charge in [-0.25, -0.2) is 0 Å². The average molecular weight is 175 g/mol. The van der Waals surface area contributed by atoms with Gasteiger partial charge in [0.15, 0.2) is 0 Å². The Bertz CT molecular complexity index is 66.0. The maximum atomic E-state index is 10.2. The average Bonchev–Trinajstić information content (AvgIpc) is 1.68. The van der Waals surface area contributed by atoms with Gasteiger partial charge in [-0.15, -0.1) is 24.8 Å². The Hall–Kier alpha value is 0.0500. The van der Waals surface area contributed by atoms with Gasteiger partial charge in [0.05, 0.1) is 7.11 Å². The van der Waals surface area contributed by atoms with Crippen LogP contribution in [0.15, 0.2) is 0 Å². The Morgan fingerprint density at radius 2 is 1.89 bits per heavy atom. The molecule has 0 N–H and O–H groups in total. The highest BCUT2D eigenvalue weighted by atomic mass is 35.5. The summed E-state index contributed by atoms with van der Waals surface area (Å²) in [5.74, 6) is -0.123. The summed E-state index contributed by atoms with van der Waals surface area (Å²) in [5.41, 5.74) is 0. The molecule has 4 heteroatoms. The van der Waals surface area contributed by atoms with Crippen LogP contribution in [0, 0.1) is 0 Å². The largest absolute Gasteiger partial charge is 0.469 e. The second kappa shape index (κ2) is 10.9. The van der Waals surface area contributed by atoms with E-state index in [2.05, 4.69) is 4.74 Å². The number of carbonyl (C=O) groups excluding carboxylic acids is 1. The van der Waals surface area contributed by atoms with Gasteiger partial charge in [0, 0.05) is 6.42 Å². The summed E-state index contributed by atoms with van der Waals surface area (Å²) in [4.78, 5) is 10.2. The molecule has 0 radical (unpaired) electrons. The monoisotopic (exact) mass is 174 g/mol. The summed E-state index contributed by atoms with van der Waals surface area (Å²) >= 11 is 0. The number of esters is 1. The van der Waals surface area contributed by atoms with Crippen LogP contribution in [0.2, 0.25) is 0 Å². The molecule has 0 unspecified atom stereocenters. The molecule has 0 atom stereocenters. The summed E-state index contributed by atoms with van der Waals surface area (Å²) in [5, 5.41) is 0. The molecule has 0 amide bonds. The summed E-state index contributed by atoms with van der Waals surface area (Å²) in [6.07, 6.45) is 1.41. The third-order valence-corrected chi connectivity index (χ3v) is 0.682. The van der Waals surface area contributed by atoms with Crippen LogP contribution in [-0.2, 0) is 9.53 Å². The molecule has 0 aromatic heterocycles. The maximum absolute atomic E-state index is 10.2. The van der Waals surface area contributed by atoms with Crippen molar-refractivity contribution in [1.82, 2.24) is 0 Å². The van der Waals surface area contributed by atoms with Crippen molar-refractivity contribution in [3.05, 3.63) is 0 Å². The maximum Gasteiger partial charge on any atom is 0.305 e. The van der Waals surface area contributed by atoms with E-state index >= 15 is 0 Å². The van der Waals surface area contributed by atoms with Crippen molar-refractivity contribution >= 4 is 30.8 Å². The Labute approximate surface area is 67.8 Å². The number of methoxy groups -OCH3 is 1. The number of ether oxygens (including phenoxy) is 1. The minimum Gasteiger partial charge on any atom is -0.469 e. The molecular weight excluding hydrogens is 163 g/mol. The lowest BCUT2D eigenvalue weighted by Gasteiger charge is -1.91. The zero-order valence-corrected chi connectivity index (χ0v) is 7.18. The number of rotatable bonds is 2. The topological polar surface area (TPSA) is 26.3 Å². The van der Waals surface area contributed by atoms with Crippen molar-refractivity contribution in [3.8, 4) is 0 Å². The molecule has 0 aliphatic heterocycles. The van der Waals surface area contributed by atoms with Crippen LogP contribution >= 0.6 is 24.8 Å². The van der Waals surface area contributed by atoms with Gasteiger partial charge in [0.2, 0.25) is 0 Å². The summed E-state index contributed by atoms with van der Waals surface area (Å²) in [6, 6.07) is 0. The number of carbonyl (C=O) groups is 1. The predicted octanol–water partition coefficient (Wildman–Crippen LogP) is 1.80. The number of halogens is 2. The van der Waals surface area contributed by atoms with Gasteiger partial charge in [-0.2, -0.15) is 0 Å². The van der Waals surface area contributed by atoms with E-state index < -0.39 is 0 Å². The molecule has 0 aromatic carbocycles. The zero-order chi connectivity index (χ0) is 5.70. The molecular formula is C5H12Cl2O2. The van der Waals surface area contributed by atoms with Crippen molar-refractivity contribution in [2.24, 2.45) is 0 Å². The Balaban J connectivity index is -0.000000180. The smallest absolute Gasteiger partial charge is 0.305 e. The van der Waals surface area contributed by atoms with Crippen LogP contribution in [0.25, 0.3) is 0 Å². The molecule has 0 aromatic rings. The van der Waals surface area contributed by atoms with Crippen molar-refractivity contribution in [2.45, 2.75) is 19.8 Å². The van der Waals surface area contributed by atoms with E-state index in [0.717, 1.165) is 6.42 Å². The number of hydrogen-bond acceptors (Lipinski definition) is 2. The van der Waals surface area contributed by atoms with Gasteiger partial charge in [-0.3, -0.25) is 4.79 Å². The van der Waals surface area contributed by atoms with E-state index in [1.807, 2.05) is 6.92 Å². The van der Waals surface area contributed by atoms with Crippen LogP contribution < -0.4 is 0 Å². The first-order valence-electron chi connectivity index (χ1n) is 2.38. The van der Waals surface area contributed by atoms with Crippen molar-refractivity contribution in [3.63, 3.8) is 0 Å². The van der Waals surface area contributed by atoms with Crippen molar-refractivity contribution < 1.29 is 9.53 Å². The molecule has 0 spiro atoms. The van der Waals surface area contributed by atoms with Gasteiger partial charge < -0.3 is 4.74 Å². The summed E-state index contributed by atoms with van der Waals surface area (Å²) < 4.78 is 4.35. The lowest BCUT2D eigenvalue weighted by atomic mass is 10.3. The minimum atomic E-state index is -0.123. The molecule has 58 valence electrons. The molecule has 9 heavy (non-hydrogen) atoms. The highest BCUT2D eigenvalue weighted by Gasteiger charge is 1.92. The fraction of sp³-hybridized carbons (Fsp3) is 0.800. The molecule has 0 saturated heterocycles. The molecule has 0 heterocycles. The third kappa shape index (κ3) is 11.6. The first-order chi connectivity index (χ1) is 3.31. The molecule has 0 rings (SSSR count). The molecule has 0 saturated carbocycles. The first kappa shape index (κ1) is 16.0. The highest BCUT2D eigenvalue weighted by molar-refractivity contribution is 5.85. The van der Waals surface area contributed by atoms with Crippen LogP contribution in [-0.4, -0.2) is 13.1 Å². The van der Waals surface area contributed by atoms with Crippen molar-refractivity contribution in [1.29, 1.82) is 0 Å². The van der Waals surface area contributed by atoms with E-state index in [4.69, 9.17) is 0 Å². The van der Waals surface area contributed by atoms with Crippen LogP contribution in [0.4, 0.5) is 0 Å². The van der Waals surface area contributed by atoms with Gasteiger partial charge in [-0.05, 0) is 6.42 Å². The van der Waals surface area contributed by atoms with Gasteiger partial charge in [0.25, 0.3) is 0 Å². The Morgan fingerprint density at radius 3 is 2.00 bits per heavy atom. The summed E-state index contributed by atoms with van der Waals surface area (Å²) in [6.45, 7) is 1.94. The van der Waals surface area contributed by atoms with E-state index in [-0.39, 0.29) is 30.8 Å². The standard InChI is InChI=1S/C5H10O2.2ClH/c1-3-4-5(6)7-2;;/h3-4H2,1-2H3;2*1H. The lowest BCUT2D eigenvalue weighted by molar-refractivity contribution is -0.140. The summed E-state index contributed by atoms with van der Waals surface area (Å²) in [7, 11) is 1.40. The molecule has 0 fully saturated rings. The third-order valence-electron chi connectivity index (χ3n) is 0.682. The normalized spacial score (nSPS) is 6.44. The highest BCUT2D eigenvalue weighted by Crippen LogP contribution is 1.86. The second-order valence-electron chi connectivity index (χ2n) is 1.33. The second-order valence-corrected chi connectivity index (χ2v) is 1.33. The van der Waals surface area contributed by atoms with Gasteiger partial charge in [-0.1, -0.05) is 6.92 Å². The van der Waals surface area contributed by atoms with E-state index in [1.165, 1.54) is 7.11 Å². The molecule has 0 bridgehead atoms. The number of hydrogen-bond donors (Lipinski definition) is 0. The van der Waals surface area contributed by atoms with E-state index in [1.54, 1.807) is 0 Å². The first-order valence-corrected chi connectivity index (χ1v) is 2.38. The fourth-order valence-electron chi connectivity index (χ4n) is 0.306. The van der Waals surface area contributed by atoms with Crippen LogP contribution in [0.1, 0.15) is 19.8 Å². The molecule has 0 aliphatic rings. The SMILES string of the molecule is CCCC(=O)OC.Cl.Cl. The molecule has 0 aliphatic carbocycles. The fourth-order valence-corrected chi connectivity index (χ4v) is 0.306. The predicted molar refractivity (Wildman–Crippen MR) is 41.4 cm³/mol.